The van der Waals surface area contributed by atoms with E-state index in [4.69, 9.17) is 10.5 Å². The molecule has 0 heterocycles. The summed E-state index contributed by atoms with van der Waals surface area (Å²) < 4.78 is 5.57. The van der Waals surface area contributed by atoms with Crippen LogP contribution in [0.15, 0.2) is 30.3 Å². The average Bonchev–Trinajstić information content (AvgIpc) is 2.44. The molecule has 0 spiro atoms. The largest absolute Gasteiger partial charge is 0.481 e. The summed E-state index contributed by atoms with van der Waals surface area (Å²) in [5.74, 6) is 0.582. The molecule has 1 rings (SSSR count). The number of ether oxygens (including phenoxy) is 1. The van der Waals surface area contributed by atoms with E-state index in [1.54, 1.807) is 6.92 Å². The van der Waals surface area contributed by atoms with Crippen LogP contribution < -0.4 is 15.8 Å². The highest BCUT2D eigenvalue weighted by atomic mass is 16.5. The van der Waals surface area contributed by atoms with Gasteiger partial charge >= 0.3 is 0 Å². The number of nitrogens with two attached hydrogens (primary N) is 1. The first-order valence-electron chi connectivity index (χ1n) is 6.89. The normalized spacial score (nSPS) is 13.6. The molecule has 0 aliphatic carbocycles. The number of carbonyl (C=O) groups is 1. The van der Waals surface area contributed by atoms with E-state index in [1.807, 2.05) is 30.3 Å². The fourth-order valence-corrected chi connectivity index (χ4v) is 1.77. The molecule has 3 N–H and O–H groups in total. The van der Waals surface area contributed by atoms with Gasteiger partial charge in [0, 0.05) is 12.6 Å². The van der Waals surface area contributed by atoms with Crippen molar-refractivity contribution in [2.24, 2.45) is 5.73 Å². The van der Waals surface area contributed by atoms with Crippen molar-refractivity contribution < 1.29 is 9.53 Å². The standard InChI is InChI=1S/C15H24N2O2/c1-3-4-8-13(11-16)17-15(18)12(2)19-14-9-6-5-7-10-14/h5-7,9-10,12-13H,3-4,8,11,16H2,1-2H3,(H,17,18). The van der Waals surface area contributed by atoms with Crippen LogP contribution in [-0.4, -0.2) is 24.6 Å². The fraction of sp³-hybridized carbons (Fsp3) is 0.533. The van der Waals surface area contributed by atoms with Gasteiger partial charge in [-0.15, -0.1) is 0 Å². The molecule has 106 valence electrons. The number of carbonyl (C=O) groups excluding carboxylic acids is 1. The Labute approximate surface area is 115 Å². The van der Waals surface area contributed by atoms with Crippen LogP contribution in [-0.2, 0) is 4.79 Å². The SMILES string of the molecule is CCCCC(CN)NC(=O)C(C)Oc1ccccc1. The van der Waals surface area contributed by atoms with Crippen molar-refractivity contribution in [3.05, 3.63) is 30.3 Å². The number of nitrogens with one attached hydrogen (secondary N) is 1. The van der Waals surface area contributed by atoms with Crippen LogP contribution >= 0.6 is 0 Å². The maximum Gasteiger partial charge on any atom is 0.261 e. The number of unbranched alkanes of at least 4 members (excludes halogenated alkanes) is 1. The highest BCUT2D eigenvalue weighted by Crippen LogP contribution is 2.11. The first-order chi connectivity index (χ1) is 9.17. The van der Waals surface area contributed by atoms with Crippen molar-refractivity contribution in [3.8, 4) is 5.75 Å². The zero-order valence-electron chi connectivity index (χ0n) is 11.8. The summed E-state index contributed by atoms with van der Waals surface area (Å²) in [5.41, 5.74) is 5.66. The number of amides is 1. The van der Waals surface area contributed by atoms with E-state index >= 15 is 0 Å². The Hall–Kier alpha value is -1.55. The van der Waals surface area contributed by atoms with Gasteiger partial charge in [0.25, 0.3) is 5.91 Å². The second kappa shape index (κ2) is 8.53. The van der Waals surface area contributed by atoms with Crippen molar-refractivity contribution in [1.82, 2.24) is 5.32 Å². The van der Waals surface area contributed by atoms with Crippen molar-refractivity contribution in [3.63, 3.8) is 0 Å². The van der Waals surface area contributed by atoms with Crippen LogP contribution in [0.5, 0.6) is 5.75 Å². The third-order valence-electron chi connectivity index (χ3n) is 2.96. The third-order valence-corrected chi connectivity index (χ3v) is 2.96. The summed E-state index contributed by atoms with van der Waals surface area (Å²) >= 11 is 0. The summed E-state index contributed by atoms with van der Waals surface area (Å²) in [4.78, 5) is 12.0. The van der Waals surface area contributed by atoms with Crippen LogP contribution in [0.4, 0.5) is 0 Å². The van der Waals surface area contributed by atoms with Crippen LogP contribution in [0, 0.1) is 0 Å². The van der Waals surface area contributed by atoms with Crippen molar-refractivity contribution >= 4 is 5.91 Å². The van der Waals surface area contributed by atoms with Gasteiger partial charge in [-0.25, -0.2) is 0 Å². The molecule has 0 aromatic heterocycles. The summed E-state index contributed by atoms with van der Waals surface area (Å²) in [6, 6.07) is 9.37. The van der Waals surface area contributed by atoms with Gasteiger partial charge in [-0.3, -0.25) is 4.79 Å². The van der Waals surface area contributed by atoms with Crippen LogP contribution in [0.3, 0.4) is 0 Å². The fourth-order valence-electron chi connectivity index (χ4n) is 1.77. The Morgan fingerprint density at radius 3 is 2.63 bits per heavy atom. The van der Waals surface area contributed by atoms with Crippen molar-refractivity contribution in [2.75, 3.05) is 6.54 Å². The molecule has 1 amide bonds. The molecule has 19 heavy (non-hydrogen) atoms. The number of hydrogen-bond acceptors (Lipinski definition) is 3. The molecule has 4 heteroatoms. The second-order valence-corrected chi connectivity index (χ2v) is 4.66. The predicted molar refractivity (Wildman–Crippen MR) is 77.0 cm³/mol. The lowest BCUT2D eigenvalue weighted by Gasteiger charge is -2.20. The van der Waals surface area contributed by atoms with Crippen LogP contribution in [0.1, 0.15) is 33.1 Å². The average molecular weight is 264 g/mol. The number of benzene rings is 1. The van der Waals surface area contributed by atoms with E-state index in [2.05, 4.69) is 12.2 Å². The predicted octanol–water partition coefficient (Wildman–Crippen LogP) is 2.09. The number of para-hydroxylation sites is 1. The van der Waals surface area contributed by atoms with Crippen molar-refractivity contribution in [1.29, 1.82) is 0 Å². The summed E-state index contributed by atoms with van der Waals surface area (Å²) in [6.45, 7) is 4.33. The van der Waals surface area contributed by atoms with Gasteiger partial charge in [-0.05, 0) is 25.5 Å². The van der Waals surface area contributed by atoms with E-state index < -0.39 is 6.10 Å². The topological polar surface area (TPSA) is 64.3 Å². The highest BCUT2D eigenvalue weighted by Gasteiger charge is 2.17. The lowest BCUT2D eigenvalue weighted by Crippen LogP contribution is -2.45. The second-order valence-electron chi connectivity index (χ2n) is 4.66. The zero-order valence-corrected chi connectivity index (χ0v) is 11.8. The first kappa shape index (κ1) is 15.5. The monoisotopic (exact) mass is 264 g/mol. The minimum Gasteiger partial charge on any atom is -0.481 e. The van der Waals surface area contributed by atoms with E-state index in [1.165, 1.54) is 0 Å². The van der Waals surface area contributed by atoms with E-state index in [0.29, 0.717) is 12.3 Å². The van der Waals surface area contributed by atoms with Gasteiger partial charge in [0.1, 0.15) is 5.75 Å². The molecule has 0 bridgehead atoms. The molecule has 2 unspecified atom stereocenters. The smallest absolute Gasteiger partial charge is 0.261 e. The Bertz CT molecular complexity index is 368. The molecule has 0 saturated carbocycles. The quantitative estimate of drug-likeness (QED) is 0.755. The molecule has 0 aliphatic heterocycles. The summed E-state index contributed by atoms with van der Waals surface area (Å²) in [6.07, 6.45) is 2.56. The molecule has 4 nitrogen and oxygen atoms in total. The Balaban J connectivity index is 2.43. The lowest BCUT2D eigenvalue weighted by molar-refractivity contribution is -0.128. The molecule has 0 radical (unpaired) electrons. The maximum atomic E-state index is 12.0. The van der Waals surface area contributed by atoms with E-state index in [-0.39, 0.29) is 11.9 Å². The third kappa shape index (κ3) is 5.75. The van der Waals surface area contributed by atoms with Crippen LogP contribution in [0.2, 0.25) is 0 Å². The lowest BCUT2D eigenvalue weighted by atomic mass is 10.1. The first-order valence-corrected chi connectivity index (χ1v) is 6.89. The Morgan fingerprint density at radius 2 is 2.05 bits per heavy atom. The molecule has 0 aliphatic rings. The minimum atomic E-state index is -0.516. The maximum absolute atomic E-state index is 12.0. The van der Waals surface area contributed by atoms with Gasteiger partial charge < -0.3 is 15.8 Å². The van der Waals surface area contributed by atoms with Gasteiger partial charge in [-0.2, -0.15) is 0 Å². The number of rotatable bonds is 8. The Kier molecular flexibility index (Phi) is 6.97. The Morgan fingerprint density at radius 1 is 1.37 bits per heavy atom. The molecular weight excluding hydrogens is 240 g/mol. The molecular formula is C15H24N2O2. The van der Waals surface area contributed by atoms with E-state index in [9.17, 15) is 4.79 Å². The van der Waals surface area contributed by atoms with Crippen LogP contribution in [0.25, 0.3) is 0 Å². The van der Waals surface area contributed by atoms with Gasteiger partial charge in [0.05, 0.1) is 0 Å². The van der Waals surface area contributed by atoms with Crippen molar-refractivity contribution in [2.45, 2.75) is 45.3 Å². The van der Waals surface area contributed by atoms with E-state index in [0.717, 1.165) is 19.3 Å². The molecule has 0 saturated heterocycles. The van der Waals surface area contributed by atoms with Gasteiger partial charge in [-0.1, -0.05) is 38.0 Å². The number of hydrogen-bond donors (Lipinski definition) is 2. The zero-order chi connectivity index (χ0) is 14.1. The highest BCUT2D eigenvalue weighted by molar-refractivity contribution is 5.81. The summed E-state index contributed by atoms with van der Waals surface area (Å²) in [5, 5.41) is 2.93. The molecule has 2 atom stereocenters. The van der Waals surface area contributed by atoms with Gasteiger partial charge in [0.15, 0.2) is 6.10 Å². The van der Waals surface area contributed by atoms with Gasteiger partial charge in [0.2, 0.25) is 0 Å². The molecule has 0 fully saturated rings. The summed E-state index contributed by atoms with van der Waals surface area (Å²) in [7, 11) is 0. The molecule has 1 aromatic carbocycles. The molecule has 1 aromatic rings. The minimum absolute atomic E-state index is 0.0364.